The molecule has 0 fully saturated rings. The van der Waals surface area contributed by atoms with Crippen molar-refractivity contribution in [1.29, 1.82) is 0 Å². The van der Waals surface area contributed by atoms with Crippen LogP contribution >= 0.6 is 0 Å². The largest absolute Gasteiger partial charge is 0.481 e. The maximum Gasteiger partial charge on any atom is 0.312 e. The average molecular weight is 459 g/mol. The highest BCUT2D eigenvalue weighted by molar-refractivity contribution is 5.71. The van der Waals surface area contributed by atoms with E-state index in [0.29, 0.717) is 25.8 Å². The Bertz CT molecular complexity index is 491. The lowest BCUT2D eigenvalue weighted by molar-refractivity contribution is -0.935. The molecule has 7 nitrogen and oxygen atoms in total. The van der Waals surface area contributed by atoms with Crippen molar-refractivity contribution in [2.75, 3.05) is 26.2 Å². The summed E-state index contributed by atoms with van der Waals surface area (Å²) in [5, 5.41) is 29.1. The summed E-state index contributed by atoms with van der Waals surface area (Å²) in [5.74, 6) is -4.50. The number of quaternary nitrogens is 1. The van der Waals surface area contributed by atoms with Crippen LogP contribution in [0.25, 0.3) is 0 Å². The molecular formula is C25H48NO6+. The van der Waals surface area contributed by atoms with E-state index in [1.807, 2.05) is 20.8 Å². The molecule has 0 aromatic carbocycles. The molecule has 0 bridgehead atoms. The van der Waals surface area contributed by atoms with E-state index in [1.54, 1.807) is 0 Å². The normalized spacial score (nSPS) is 16.1. The van der Waals surface area contributed by atoms with Crippen LogP contribution in [0.15, 0.2) is 0 Å². The van der Waals surface area contributed by atoms with Gasteiger partial charge in [0, 0.05) is 0 Å². The summed E-state index contributed by atoms with van der Waals surface area (Å²) < 4.78 is 0.260. The van der Waals surface area contributed by atoms with Crippen molar-refractivity contribution in [3.63, 3.8) is 0 Å². The van der Waals surface area contributed by atoms with Crippen molar-refractivity contribution in [1.82, 2.24) is 0 Å². The van der Waals surface area contributed by atoms with E-state index in [4.69, 9.17) is 0 Å². The first-order valence-corrected chi connectivity index (χ1v) is 12.7. The van der Waals surface area contributed by atoms with Crippen LogP contribution in [0, 0.1) is 17.8 Å². The summed E-state index contributed by atoms with van der Waals surface area (Å²) >= 11 is 0. The number of nitrogens with zero attached hydrogens (tertiary/aromatic N) is 1. The van der Waals surface area contributed by atoms with E-state index >= 15 is 0 Å². The van der Waals surface area contributed by atoms with Crippen LogP contribution in [-0.4, -0.2) is 63.9 Å². The third kappa shape index (κ3) is 11.8. The lowest BCUT2D eigenvalue weighted by atomic mass is 9.95. The summed E-state index contributed by atoms with van der Waals surface area (Å²) in [6.07, 6.45) is 10.4. The highest BCUT2D eigenvalue weighted by Crippen LogP contribution is 2.25. The van der Waals surface area contributed by atoms with Crippen molar-refractivity contribution in [3.05, 3.63) is 0 Å². The quantitative estimate of drug-likeness (QED) is 0.159. The Hall–Kier alpha value is -1.63. The molecule has 0 aliphatic rings. The van der Waals surface area contributed by atoms with Gasteiger partial charge < -0.3 is 19.8 Å². The van der Waals surface area contributed by atoms with Crippen LogP contribution in [0.5, 0.6) is 0 Å². The first kappa shape index (κ1) is 30.4. The van der Waals surface area contributed by atoms with Gasteiger partial charge in [0.1, 0.15) is 17.8 Å². The van der Waals surface area contributed by atoms with Gasteiger partial charge in [-0.05, 0) is 32.1 Å². The highest BCUT2D eigenvalue weighted by atomic mass is 16.4. The maximum atomic E-state index is 11.8. The zero-order chi connectivity index (χ0) is 24.6. The molecule has 0 spiro atoms. The molecule has 0 rings (SSSR count). The van der Waals surface area contributed by atoms with E-state index in [2.05, 4.69) is 6.92 Å². The molecule has 3 N–H and O–H groups in total. The van der Waals surface area contributed by atoms with Crippen LogP contribution < -0.4 is 0 Å². The number of rotatable bonds is 21. The van der Waals surface area contributed by atoms with Gasteiger partial charge in [-0.2, -0.15) is 0 Å². The number of carboxylic acids is 3. The number of carboxylic acid groups (broad SMARTS) is 3. The molecule has 0 radical (unpaired) electrons. The number of aliphatic carboxylic acids is 3. The van der Waals surface area contributed by atoms with E-state index in [0.717, 1.165) is 19.3 Å². The molecule has 0 aliphatic heterocycles. The molecule has 0 saturated carbocycles. The molecule has 7 heteroatoms. The molecule has 0 aromatic rings. The predicted octanol–water partition coefficient (Wildman–Crippen LogP) is 5.28. The molecule has 0 heterocycles. The predicted molar refractivity (Wildman–Crippen MR) is 127 cm³/mol. The Morgan fingerprint density at radius 2 is 0.875 bits per heavy atom. The van der Waals surface area contributed by atoms with E-state index in [-0.39, 0.29) is 24.1 Å². The van der Waals surface area contributed by atoms with Gasteiger partial charge in [0.25, 0.3) is 0 Å². The van der Waals surface area contributed by atoms with Gasteiger partial charge in [0.2, 0.25) is 0 Å². The number of hydrogen-bond acceptors (Lipinski definition) is 3. The topological polar surface area (TPSA) is 112 Å². The fraction of sp³-hybridized carbons (Fsp3) is 0.880. The summed E-state index contributed by atoms with van der Waals surface area (Å²) in [6, 6.07) is 0. The van der Waals surface area contributed by atoms with Gasteiger partial charge in [-0.15, -0.1) is 0 Å². The SMILES string of the molecule is CCCCCCCCCC[N+](CC(CC)C(=O)O)(CC(CC)C(=O)O)CC(CC)C(=O)O. The Kier molecular flexibility index (Phi) is 16.1. The van der Waals surface area contributed by atoms with Gasteiger partial charge in [0.05, 0.1) is 26.2 Å². The zero-order valence-electron chi connectivity index (χ0n) is 20.9. The average Bonchev–Trinajstić information content (AvgIpc) is 2.75. The Morgan fingerprint density at radius 1 is 0.562 bits per heavy atom. The van der Waals surface area contributed by atoms with Crippen LogP contribution in [0.2, 0.25) is 0 Å². The van der Waals surface area contributed by atoms with Crippen molar-refractivity contribution >= 4 is 17.9 Å². The van der Waals surface area contributed by atoms with Gasteiger partial charge in [-0.25, -0.2) is 0 Å². The third-order valence-electron chi connectivity index (χ3n) is 6.84. The minimum atomic E-state index is -0.891. The maximum absolute atomic E-state index is 11.8. The van der Waals surface area contributed by atoms with Gasteiger partial charge in [0.15, 0.2) is 0 Å². The van der Waals surface area contributed by atoms with E-state index in [1.165, 1.54) is 32.1 Å². The smallest absolute Gasteiger partial charge is 0.312 e. The summed E-state index contributed by atoms with van der Waals surface area (Å²) in [5.41, 5.74) is 0. The fourth-order valence-corrected chi connectivity index (χ4v) is 4.63. The highest BCUT2D eigenvalue weighted by Gasteiger charge is 2.40. The molecule has 188 valence electrons. The minimum absolute atomic E-state index is 0.260. The number of unbranched alkanes of at least 4 members (excludes halogenated alkanes) is 7. The Morgan fingerprint density at radius 3 is 1.16 bits per heavy atom. The first-order valence-electron chi connectivity index (χ1n) is 12.7. The molecule has 0 saturated heterocycles. The van der Waals surface area contributed by atoms with Crippen LogP contribution in [0.4, 0.5) is 0 Å². The second kappa shape index (κ2) is 16.9. The molecule has 3 unspecified atom stereocenters. The van der Waals surface area contributed by atoms with E-state index in [9.17, 15) is 29.7 Å². The van der Waals surface area contributed by atoms with Crippen LogP contribution in [0.3, 0.4) is 0 Å². The third-order valence-corrected chi connectivity index (χ3v) is 6.84. The van der Waals surface area contributed by atoms with Gasteiger partial charge in [-0.3, -0.25) is 14.4 Å². The lowest BCUT2D eigenvalue weighted by Crippen LogP contribution is -2.58. The fourth-order valence-electron chi connectivity index (χ4n) is 4.63. The van der Waals surface area contributed by atoms with E-state index < -0.39 is 35.7 Å². The lowest BCUT2D eigenvalue weighted by Gasteiger charge is -2.43. The second-order valence-corrected chi connectivity index (χ2v) is 9.42. The van der Waals surface area contributed by atoms with Crippen molar-refractivity contribution in [2.24, 2.45) is 17.8 Å². The summed E-state index contributed by atoms with van der Waals surface area (Å²) in [4.78, 5) is 35.5. The number of hydrogen-bond donors (Lipinski definition) is 3. The van der Waals surface area contributed by atoms with Crippen molar-refractivity contribution in [2.45, 2.75) is 98.3 Å². The van der Waals surface area contributed by atoms with Gasteiger partial charge >= 0.3 is 17.9 Å². The molecule has 0 amide bonds. The molecule has 32 heavy (non-hydrogen) atoms. The second-order valence-electron chi connectivity index (χ2n) is 9.42. The van der Waals surface area contributed by atoms with Crippen molar-refractivity contribution < 1.29 is 34.2 Å². The van der Waals surface area contributed by atoms with Crippen LogP contribution in [-0.2, 0) is 14.4 Å². The van der Waals surface area contributed by atoms with Crippen molar-refractivity contribution in [3.8, 4) is 0 Å². The Balaban J connectivity index is 5.60. The van der Waals surface area contributed by atoms with Crippen LogP contribution in [0.1, 0.15) is 98.3 Å². The monoisotopic (exact) mass is 458 g/mol. The minimum Gasteiger partial charge on any atom is -0.481 e. The summed E-state index contributed by atoms with van der Waals surface area (Å²) in [6.45, 7) is 9.17. The van der Waals surface area contributed by atoms with Gasteiger partial charge in [-0.1, -0.05) is 66.2 Å². The first-order chi connectivity index (χ1) is 15.2. The zero-order valence-corrected chi connectivity index (χ0v) is 20.9. The molecule has 0 aromatic heterocycles. The number of carbonyl (C=O) groups is 3. The molecule has 0 aliphatic carbocycles. The standard InChI is InChI=1S/C25H47NO6/c1-5-9-10-11-12-13-14-15-16-26(17-20(6-2)23(27)28,18-21(7-3)24(29)30)19-22(8-4)25(31)32/h20-22H,5-19H2,1-4H3,(H2-,27,28,29,30,31,32)/p+1. The molecule has 3 atom stereocenters. The molecular weight excluding hydrogens is 410 g/mol. The summed E-state index contributed by atoms with van der Waals surface area (Å²) in [7, 11) is 0. The Labute approximate surface area is 194 Å².